The number of hydrogen-bond donors (Lipinski definition) is 3. The standard InChI is InChI=1S/C25H48O5/c1-2-3-4-5-6-7-8-9-10-11-12-13-14-15-16-17-18-19-29-25-22(27)21-30-23(20-26)24(25)28/h12-13,22-28H,2-11,14-21H2,1H3/b13-12+/t22-,23+,24+,25+/m1/s1. The van der Waals surface area contributed by atoms with Crippen LogP contribution in [0.15, 0.2) is 12.2 Å². The number of allylic oxidation sites excluding steroid dienone is 2. The Morgan fingerprint density at radius 3 is 1.90 bits per heavy atom. The Bertz CT molecular complexity index is 401. The molecule has 1 aliphatic rings. The zero-order chi connectivity index (χ0) is 21.9. The molecule has 1 heterocycles. The predicted molar refractivity (Wildman–Crippen MR) is 123 cm³/mol. The topological polar surface area (TPSA) is 79.2 Å². The highest BCUT2D eigenvalue weighted by Crippen LogP contribution is 2.19. The number of unbranched alkanes of at least 4 members (excludes halogenated alkanes) is 13. The van der Waals surface area contributed by atoms with Gasteiger partial charge in [-0.15, -0.1) is 0 Å². The van der Waals surface area contributed by atoms with Crippen molar-refractivity contribution < 1.29 is 24.8 Å². The Labute approximate surface area is 184 Å². The molecule has 0 saturated carbocycles. The van der Waals surface area contributed by atoms with Crippen LogP contribution in [-0.2, 0) is 9.47 Å². The third kappa shape index (κ3) is 13.1. The monoisotopic (exact) mass is 428 g/mol. The van der Waals surface area contributed by atoms with Crippen LogP contribution in [0.2, 0.25) is 0 Å². The fourth-order valence-corrected chi connectivity index (χ4v) is 3.97. The average Bonchev–Trinajstić information content (AvgIpc) is 2.75. The molecule has 0 bridgehead atoms. The van der Waals surface area contributed by atoms with Crippen LogP contribution in [0.4, 0.5) is 0 Å². The molecule has 0 aliphatic carbocycles. The van der Waals surface area contributed by atoms with E-state index >= 15 is 0 Å². The number of hydrogen-bond acceptors (Lipinski definition) is 5. The molecule has 1 saturated heterocycles. The van der Waals surface area contributed by atoms with Crippen molar-refractivity contribution in [1.82, 2.24) is 0 Å². The first-order valence-electron chi connectivity index (χ1n) is 12.6. The van der Waals surface area contributed by atoms with Gasteiger partial charge in [0, 0.05) is 6.61 Å². The SMILES string of the molecule is CCCCCCCCCCC/C=C/CCCCCCO[C@@H]1[C@@H](O)[C@H](CO)OC[C@H]1O. The summed E-state index contributed by atoms with van der Waals surface area (Å²) in [6.07, 6.45) is 20.7. The van der Waals surface area contributed by atoms with E-state index in [-0.39, 0.29) is 13.2 Å². The molecule has 1 aliphatic heterocycles. The lowest BCUT2D eigenvalue weighted by atomic mass is 10.0. The van der Waals surface area contributed by atoms with Crippen LogP contribution >= 0.6 is 0 Å². The average molecular weight is 429 g/mol. The van der Waals surface area contributed by atoms with Crippen molar-refractivity contribution in [1.29, 1.82) is 0 Å². The number of ether oxygens (including phenoxy) is 2. The summed E-state index contributed by atoms with van der Waals surface area (Å²) in [7, 11) is 0. The first kappa shape index (κ1) is 27.6. The van der Waals surface area contributed by atoms with Crippen molar-refractivity contribution in [2.45, 2.75) is 128 Å². The van der Waals surface area contributed by atoms with Crippen LogP contribution in [0.3, 0.4) is 0 Å². The zero-order valence-corrected chi connectivity index (χ0v) is 19.4. The predicted octanol–water partition coefficient (Wildman–Crippen LogP) is 4.91. The Balaban J connectivity index is 1.86. The maximum absolute atomic E-state index is 10.1. The van der Waals surface area contributed by atoms with Crippen molar-refractivity contribution in [3.05, 3.63) is 12.2 Å². The molecule has 0 aromatic rings. The summed E-state index contributed by atoms with van der Waals surface area (Å²) in [6.45, 7) is 2.62. The summed E-state index contributed by atoms with van der Waals surface area (Å²) in [4.78, 5) is 0. The summed E-state index contributed by atoms with van der Waals surface area (Å²) in [6, 6.07) is 0. The molecule has 0 radical (unpaired) electrons. The van der Waals surface area contributed by atoms with E-state index in [0.717, 1.165) is 19.3 Å². The maximum Gasteiger partial charge on any atom is 0.114 e. The van der Waals surface area contributed by atoms with Crippen LogP contribution in [0.1, 0.15) is 103 Å². The molecule has 0 amide bonds. The minimum absolute atomic E-state index is 0.0956. The Hall–Kier alpha value is -0.460. The molecule has 178 valence electrons. The van der Waals surface area contributed by atoms with Gasteiger partial charge in [-0.2, -0.15) is 0 Å². The van der Waals surface area contributed by atoms with Crippen LogP contribution in [0.5, 0.6) is 0 Å². The number of rotatable bonds is 19. The van der Waals surface area contributed by atoms with Gasteiger partial charge in [-0.05, 0) is 32.1 Å². The summed E-state index contributed by atoms with van der Waals surface area (Å²) < 4.78 is 10.8. The van der Waals surface area contributed by atoms with E-state index in [1.807, 2.05) is 0 Å². The summed E-state index contributed by atoms with van der Waals surface area (Å²) in [5.74, 6) is 0. The fraction of sp³-hybridized carbons (Fsp3) is 0.920. The number of aliphatic hydroxyl groups excluding tert-OH is 3. The smallest absolute Gasteiger partial charge is 0.114 e. The minimum Gasteiger partial charge on any atom is -0.394 e. The second-order valence-corrected chi connectivity index (χ2v) is 8.74. The Kier molecular flexibility index (Phi) is 17.7. The van der Waals surface area contributed by atoms with Crippen LogP contribution in [0, 0.1) is 0 Å². The summed E-state index contributed by atoms with van der Waals surface area (Å²) >= 11 is 0. The van der Waals surface area contributed by atoms with E-state index in [2.05, 4.69) is 19.1 Å². The van der Waals surface area contributed by atoms with E-state index in [4.69, 9.17) is 14.6 Å². The van der Waals surface area contributed by atoms with Gasteiger partial charge in [0.1, 0.15) is 24.4 Å². The quantitative estimate of drug-likeness (QED) is 0.201. The molecule has 4 atom stereocenters. The normalized spacial score (nSPS) is 24.7. The van der Waals surface area contributed by atoms with Gasteiger partial charge in [-0.25, -0.2) is 0 Å². The molecule has 5 heteroatoms. The van der Waals surface area contributed by atoms with Crippen molar-refractivity contribution in [3.8, 4) is 0 Å². The van der Waals surface area contributed by atoms with Crippen molar-refractivity contribution in [2.24, 2.45) is 0 Å². The Morgan fingerprint density at radius 1 is 0.800 bits per heavy atom. The first-order valence-corrected chi connectivity index (χ1v) is 12.6. The highest BCUT2D eigenvalue weighted by Gasteiger charge is 2.38. The molecule has 3 N–H and O–H groups in total. The zero-order valence-electron chi connectivity index (χ0n) is 19.4. The van der Waals surface area contributed by atoms with Crippen LogP contribution < -0.4 is 0 Å². The van der Waals surface area contributed by atoms with E-state index in [1.54, 1.807) is 0 Å². The molecule has 0 aromatic heterocycles. The van der Waals surface area contributed by atoms with Crippen molar-refractivity contribution in [2.75, 3.05) is 19.8 Å². The molecule has 1 rings (SSSR count). The molecule has 0 aromatic carbocycles. The highest BCUT2D eigenvalue weighted by molar-refractivity contribution is 4.87. The molecule has 0 unspecified atom stereocenters. The van der Waals surface area contributed by atoms with E-state index < -0.39 is 24.4 Å². The molecular formula is C25H48O5. The van der Waals surface area contributed by atoms with E-state index in [9.17, 15) is 10.2 Å². The first-order chi connectivity index (χ1) is 14.7. The summed E-state index contributed by atoms with van der Waals surface area (Å²) in [5.41, 5.74) is 0. The van der Waals surface area contributed by atoms with E-state index in [0.29, 0.717) is 6.61 Å². The molecule has 0 spiro atoms. The van der Waals surface area contributed by atoms with Gasteiger partial charge in [-0.3, -0.25) is 0 Å². The summed E-state index contributed by atoms with van der Waals surface area (Å²) in [5, 5.41) is 29.1. The lowest BCUT2D eigenvalue weighted by molar-refractivity contribution is -0.210. The maximum atomic E-state index is 10.1. The van der Waals surface area contributed by atoms with Crippen molar-refractivity contribution >= 4 is 0 Å². The van der Waals surface area contributed by atoms with Gasteiger partial charge in [-0.1, -0.05) is 83.3 Å². The third-order valence-corrected chi connectivity index (χ3v) is 5.97. The van der Waals surface area contributed by atoms with Crippen LogP contribution in [-0.4, -0.2) is 59.6 Å². The number of aliphatic hydroxyl groups is 3. The highest BCUT2D eigenvalue weighted by atomic mass is 16.6. The molecule has 30 heavy (non-hydrogen) atoms. The lowest BCUT2D eigenvalue weighted by Gasteiger charge is -2.37. The van der Waals surface area contributed by atoms with Crippen molar-refractivity contribution in [3.63, 3.8) is 0 Å². The molecule has 1 fully saturated rings. The second kappa shape index (κ2) is 19.2. The van der Waals surface area contributed by atoms with Gasteiger partial charge in [0.05, 0.1) is 13.2 Å². The fourth-order valence-electron chi connectivity index (χ4n) is 3.97. The second-order valence-electron chi connectivity index (χ2n) is 8.74. The van der Waals surface area contributed by atoms with Gasteiger partial charge in [0.2, 0.25) is 0 Å². The Morgan fingerprint density at radius 2 is 1.33 bits per heavy atom. The van der Waals surface area contributed by atoms with E-state index in [1.165, 1.54) is 77.0 Å². The van der Waals surface area contributed by atoms with Gasteiger partial charge in [0.15, 0.2) is 0 Å². The lowest BCUT2D eigenvalue weighted by Crippen LogP contribution is -2.55. The van der Waals surface area contributed by atoms with Gasteiger partial charge >= 0.3 is 0 Å². The van der Waals surface area contributed by atoms with Crippen LogP contribution in [0.25, 0.3) is 0 Å². The third-order valence-electron chi connectivity index (χ3n) is 5.97. The minimum atomic E-state index is -0.977. The van der Waals surface area contributed by atoms with Gasteiger partial charge in [0.25, 0.3) is 0 Å². The largest absolute Gasteiger partial charge is 0.394 e. The molecule has 5 nitrogen and oxygen atoms in total. The molecular weight excluding hydrogens is 380 g/mol. The van der Waals surface area contributed by atoms with Gasteiger partial charge < -0.3 is 24.8 Å².